The summed E-state index contributed by atoms with van der Waals surface area (Å²) >= 11 is 0. The summed E-state index contributed by atoms with van der Waals surface area (Å²) < 4.78 is 10.3. The van der Waals surface area contributed by atoms with Crippen LogP contribution >= 0.6 is 0 Å². The molecule has 1 aromatic rings. The summed E-state index contributed by atoms with van der Waals surface area (Å²) in [4.78, 5) is 6.80. The van der Waals surface area contributed by atoms with Gasteiger partial charge in [0.15, 0.2) is 0 Å². The summed E-state index contributed by atoms with van der Waals surface area (Å²) in [5, 5.41) is 0. The summed E-state index contributed by atoms with van der Waals surface area (Å²) in [5.41, 5.74) is 7.82. The summed E-state index contributed by atoms with van der Waals surface area (Å²) in [6.07, 6.45) is 0.966. The van der Waals surface area contributed by atoms with Gasteiger partial charge in [-0.15, -0.1) is 0 Å². The Labute approximate surface area is 115 Å². The van der Waals surface area contributed by atoms with Crippen LogP contribution < -0.4 is 10.6 Å². The van der Waals surface area contributed by atoms with Gasteiger partial charge < -0.3 is 20.1 Å². The molecule has 0 amide bonds. The van der Waals surface area contributed by atoms with Crippen molar-refractivity contribution < 1.29 is 9.47 Å². The van der Waals surface area contributed by atoms with Gasteiger partial charge in [-0.3, -0.25) is 0 Å². The van der Waals surface area contributed by atoms with Crippen molar-refractivity contribution in [1.82, 2.24) is 4.98 Å². The van der Waals surface area contributed by atoms with E-state index in [4.69, 9.17) is 15.2 Å². The second-order valence-corrected chi connectivity index (χ2v) is 4.51. The van der Waals surface area contributed by atoms with E-state index in [1.54, 1.807) is 14.2 Å². The molecule has 0 unspecified atom stereocenters. The first kappa shape index (κ1) is 15.9. The monoisotopic (exact) mass is 267 g/mol. The number of anilines is 1. The lowest BCUT2D eigenvalue weighted by Crippen LogP contribution is -2.30. The van der Waals surface area contributed by atoms with Crippen LogP contribution in [0.4, 0.5) is 5.82 Å². The fourth-order valence-electron chi connectivity index (χ4n) is 1.94. The van der Waals surface area contributed by atoms with Crippen LogP contribution in [0.25, 0.3) is 0 Å². The minimum atomic E-state index is 0.534. The standard InChI is InChI=1S/C14H25N3O2/c1-12-9-13(11-15)10-14(16-12)17(6-8-19-3)5-4-7-18-2/h9-10H,4-8,11,15H2,1-3H3. The van der Waals surface area contributed by atoms with Gasteiger partial charge in [-0.2, -0.15) is 0 Å². The van der Waals surface area contributed by atoms with Crippen LogP contribution in [0.5, 0.6) is 0 Å². The van der Waals surface area contributed by atoms with Crippen LogP contribution in [0.1, 0.15) is 17.7 Å². The third-order valence-corrected chi connectivity index (χ3v) is 2.90. The number of methoxy groups -OCH3 is 2. The van der Waals surface area contributed by atoms with Gasteiger partial charge in [0.05, 0.1) is 6.61 Å². The second kappa shape index (κ2) is 8.85. The first-order valence-electron chi connectivity index (χ1n) is 6.61. The molecule has 0 radical (unpaired) electrons. The minimum Gasteiger partial charge on any atom is -0.385 e. The maximum Gasteiger partial charge on any atom is 0.129 e. The van der Waals surface area contributed by atoms with Crippen LogP contribution in [-0.2, 0) is 16.0 Å². The first-order chi connectivity index (χ1) is 9.21. The molecule has 0 atom stereocenters. The van der Waals surface area contributed by atoms with E-state index in [1.807, 2.05) is 13.0 Å². The van der Waals surface area contributed by atoms with Gasteiger partial charge in [0.2, 0.25) is 0 Å². The molecule has 5 nitrogen and oxygen atoms in total. The molecule has 0 fully saturated rings. The van der Waals surface area contributed by atoms with E-state index < -0.39 is 0 Å². The Hall–Kier alpha value is -1.17. The SMILES string of the molecule is COCCCN(CCOC)c1cc(CN)cc(C)n1. The largest absolute Gasteiger partial charge is 0.385 e. The van der Waals surface area contributed by atoms with Crippen molar-refractivity contribution in [1.29, 1.82) is 0 Å². The Balaban J connectivity index is 2.79. The zero-order chi connectivity index (χ0) is 14.1. The van der Waals surface area contributed by atoms with Gasteiger partial charge >= 0.3 is 0 Å². The molecule has 0 spiro atoms. The van der Waals surface area contributed by atoms with Gasteiger partial charge in [0, 0.05) is 46.2 Å². The molecule has 0 aliphatic heterocycles. The van der Waals surface area contributed by atoms with E-state index >= 15 is 0 Å². The van der Waals surface area contributed by atoms with Gasteiger partial charge in [-0.25, -0.2) is 4.98 Å². The van der Waals surface area contributed by atoms with Crippen LogP contribution in [0.2, 0.25) is 0 Å². The highest BCUT2D eigenvalue weighted by atomic mass is 16.5. The molecule has 1 aromatic heterocycles. The Bertz CT molecular complexity index is 372. The highest BCUT2D eigenvalue weighted by Gasteiger charge is 2.09. The van der Waals surface area contributed by atoms with Crippen molar-refractivity contribution in [2.24, 2.45) is 5.73 Å². The minimum absolute atomic E-state index is 0.534. The molecule has 0 aliphatic rings. The van der Waals surface area contributed by atoms with Crippen LogP contribution in [-0.4, -0.2) is 45.5 Å². The van der Waals surface area contributed by atoms with Crippen molar-refractivity contribution in [3.05, 3.63) is 23.4 Å². The van der Waals surface area contributed by atoms with Crippen molar-refractivity contribution in [3.8, 4) is 0 Å². The molecule has 1 heterocycles. The molecule has 19 heavy (non-hydrogen) atoms. The Kier molecular flexibility index (Phi) is 7.40. The number of nitrogens with zero attached hydrogens (tertiary/aromatic N) is 2. The molecule has 0 bridgehead atoms. The highest BCUT2D eigenvalue weighted by Crippen LogP contribution is 2.15. The maximum absolute atomic E-state index is 5.72. The lowest BCUT2D eigenvalue weighted by atomic mass is 10.2. The summed E-state index contributed by atoms with van der Waals surface area (Å²) in [6.45, 7) is 5.68. The van der Waals surface area contributed by atoms with E-state index in [1.165, 1.54) is 0 Å². The molecule has 0 aromatic carbocycles. The van der Waals surface area contributed by atoms with Crippen LogP contribution in [0, 0.1) is 6.92 Å². The number of nitrogens with two attached hydrogens (primary N) is 1. The average molecular weight is 267 g/mol. The number of hydrogen-bond donors (Lipinski definition) is 1. The number of rotatable bonds is 9. The van der Waals surface area contributed by atoms with Gasteiger partial charge in [0.1, 0.15) is 5.82 Å². The van der Waals surface area contributed by atoms with Gasteiger partial charge in [-0.1, -0.05) is 0 Å². The molecule has 0 saturated carbocycles. The zero-order valence-corrected chi connectivity index (χ0v) is 12.2. The Morgan fingerprint density at radius 1 is 1.16 bits per heavy atom. The average Bonchev–Trinajstić information content (AvgIpc) is 2.42. The lowest BCUT2D eigenvalue weighted by Gasteiger charge is -2.24. The lowest BCUT2D eigenvalue weighted by molar-refractivity contribution is 0.191. The highest BCUT2D eigenvalue weighted by molar-refractivity contribution is 5.42. The third-order valence-electron chi connectivity index (χ3n) is 2.90. The number of aryl methyl sites for hydroxylation is 1. The predicted octanol–water partition coefficient (Wildman–Crippen LogP) is 1.34. The fourth-order valence-corrected chi connectivity index (χ4v) is 1.94. The number of hydrogen-bond acceptors (Lipinski definition) is 5. The maximum atomic E-state index is 5.72. The molecule has 2 N–H and O–H groups in total. The Morgan fingerprint density at radius 2 is 1.89 bits per heavy atom. The second-order valence-electron chi connectivity index (χ2n) is 4.51. The molecule has 0 aliphatic carbocycles. The summed E-state index contributed by atoms with van der Waals surface area (Å²) in [7, 11) is 3.43. The van der Waals surface area contributed by atoms with E-state index in [0.717, 1.165) is 43.2 Å². The number of pyridine rings is 1. The quantitative estimate of drug-likeness (QED) is 0.684. The Morgan fingerprint density at radius 3 is 2.53 bits per heavy atom. The molecule has 1 rings (SSSR count). The van der Waals surface area contributed by atoms with E-state index in [-0.39, 0.29) is 0 Å². The number of ether oxygens (including phenoxy) is 2. The zero-order valence-electron chi connectivity index (χ0n) is 12.2. The third kappa shape index (κ3) is 5.55. The van der Waals surface area contributed by atoms with Crippen molar-refractivity contribution in [3.63, 3.8) is 0 Å². The molecular formula is C14H25N3O2. The van der Waals surface area contributed by atoms with Crippen LogP contribution in [0.15, 0.2) is 12.1 Å². The van der Waals surface area contributed by atoms with Crippen molar-refractivity contribution >= 4 is 5.82 Å². The topological polar surface area (TPSA) is 60.6 Å². The molecular weight excluding hydrogens is 242 g/mol. The fraction of sp³-hybridized carbons (Fsp3) is 0.643. The van der Waals surface area contributed by atoms with E-state index in [9.17, 15) is 0 Å². The normalized spacial score (nSPS) is 10.7. The van der Waals surface area contributed by atoms with E-state index in [2.05, 4.69) is 16.0 Å². The smallest absolute Gasteiger partial charge is 0.129 e. The number of aromatic nitrogens is 1. The van der Waals surface area contributed by atoms with Gasteiger partial charge in [0.25, 0.3) is 0 Å². The molecule has 0 saturated heterocycles. The van der Waals surface area contributed by atoms with Crippen molar-refractivity contribution in [2.45, 2.75) is 19.9 Å². The van der Waals surface area contributed by atoms with Gasteiger partial charge in [-0.05, 0) is 31.0 Å². The van der Waals surface area contributed by atoms with Crippen molar-refractivity contribution in [2.75, 3.05) is 45.4 Å². The van der Waals surface area contributed by atoms with Crippen LogP contribution in [0.3, 0.4) is 0 Å². The molecule has 108 valence electrons. The predicted molar refractivity (Wildman–Crippen MR) is 77.4 cm³/mol. The summed E-state index contributed by atoms with van der Waals surface area (Å²) in [6, 6.07) is 4.07. The van der Waals surface area contributed by atoms with E-state index in [0.29, 0.717) is 13.2 Å². The summed E-state index contributed by atoms with van der Waals surface area (Å²) in [5.74, 6) is 0.966. The first-order valence-corrected chi connectivity index (χ1v) is 6.61. The molecule has 5 heteroatoms.